The molecule has 0 saturated heterocycles. The van der Waals surface area contributed by atoms with E-state index in [-0.39, 0.29) is 11.7 Å². The summed E-state index contributed by atoms with van der Waals surface area (Å²) in [7, 11) is 0. The third kappa shape index (κ3) is 5.31. The van der Waals surface area contributed by atoms with Crippen LogP contribution in [0.15, 0.2) is 83.1 Å². The summed E-state index contributed by atoms with van der Waals surface area (Å²) in [6.07, 6.45) is 1.29. The summed E-state index contributed by atoms with van der Waals surface area (Å²) < 4.78 is 15.7. The molecule has 0 unspecified atom stereocenters. The molecule has 1 amide bonds. The Morgan fingerprint density at radius 3 is 2.65 bits per heavy atom. The Labute approximate surface area is 187 Å². The number of hydrazone groups is 1. The van der Waals surface area contributed by atoms with E-state index in [1.54, 1.807) is 18.2 Å². The number of hydrogen-bond donors (Lipinski definition) is 1. The summed E-state index contributed by atoms with van der Waals surface area (Å²) in [6.45, 7) is 0.604. The zero-order chi connectivity index (χ0) is 21.6. The number of amides is 1. The van der Waals surface area contributed by atoms with Gasteiger partial charge in [-0.3, -0.25) is 4.79 Å². The number of nitrogens with one attached hydrogen (secondary N) is 1. The molecule has 0 aliphatic carbocycles. The van der Waals surface area contributed by atoms with Crippen molar-refractivity contribution in [2.24, 2.45) is 5.10 Å². The minimum Gasteiger partial charge on any atom is -0.314 e. The van der Waals surface area contributed by atoms with E-state index in [0.717, 1.165) is 21.8 Å². The summed E-state index contributed by atoms with van der Waals surface area (Å²) in [5.74, 6) is -0.577. The Bertz CT molecular complexity index is 1240. The van der Waals surface area contributed by atoms with Crippen LogP contribution in [-0.4, -0.2) is 27.4 Å². The van der Waals surface area contributed by atoms with E-state index in [0.29, 0.717) is 17.1 Å². The summed E-state index contributed by atoms with van der Waals surface area (Å²) in [6, 6.07) is 21.7. The van der Waals surface area contributed by atoms with Gasteiger partial charge in [-0.1, -0.05) is 65.8 Å². The number of nitrogens with zero attached hydrogens (tertiary/aromatic N) is 3. The highest BCUT2D eigenvalue weighted by Crippen LogP contribution is 2.25. The van der Waals surface area contributed by atoms with Gasteiger partial charge in [0, 0.05) is 10.6 Å². The maximum atomic E-state index is 13.6. The molecule has 1 heterocycles. The van der Waals surface area contributed by atoms with Crippen molar-refractivity contribution in [3.8, 4) is 0 Å². The van der Waals surface area contributed by atoms with Gasteiger partial charge in [-0.05, 0) is 35.9 Å². The van der Waals surface area contributed by atoms with Gasteiger partial charge < -0.3 is 4.57 Å². The first kappa shape index (κ1) is 21.1. The highest BCUT2D eigenvalue weighted by molar-refractivity contribution is 7.99. The largest absolute Gasteiger partial charge is 0.314 e. The second kappa shape index (κ2) is 9.76. The molecule has 8 heteroatoms. The molecule has 0 fully saturated rings. The van der Waals surface area contributed by atoms with E-state index in [1.165, 1.54) is 24.0 Å². The molecular formula is C23H18ClFN4OS. The van der Waals surface area contributed by atoms with Crippen molar-refractivity contribution >= 4 is 46.5 Å². The highest BCUT2D eigenvalue weighted by atomic mass is 35.5. The van der Waals surface area contributed by atoms with E-state index in [2.05, 4.69) is 20.1 Å². The number of halogens is 2. The number of carbonyl (C=O) groups excluding carboxylic acids is 1. The lowest BCUT2D eigenvalue weighted by molar-refractivity contribution is -0.118. The van der Waals surface area contributed by atoms with Crippen LogP contribution in [0.4, 0.5) is 4.39 Å². The van der Waals surface area contributed by atoms with Crippen LogP contribution in [-0.2, 0) is 11.3 Å². The predicted octanol–water partition coefficient (Wildman–Crippen LogP) is 5.12. The van der Waals surface area contributed by atoms with E-state index >= 15 is 0 Å². The van der Waals surface area contributed by atoms with Crippen molar-refractivity contribution in [1.29, 1.82) is 0 Å². The smallest absolute Gasteiger partial charge is 0.250 e. The quantitative estimate of drug-likeness (QED) is 0.240. The Morgan fingerprint density at radius 2 is 1.84 bits per heavy atom. The van der Waals surface area contributed by atoms with Gasteiger partial charge in [-0.2, -0.15) is 5.10 Å². The predicted molar refractivity (Wildman–Crippen MR) is 123 cm³/mol. The molecule has 5 nitrogen and oxygen atoms in total. The molecule has 156 valence electrons. The first-order valence-corrected chi connectivity index (χ1v) is 10.9. The topological polar surface area (TPSA) is 59.3 Å². The van der Waals surface area contributed by atoms with Gasteiger partial charge in [0.05, 0.1) is 29.5 Å². The van der Waals surface area contributed by atoms with Crippen LogP contribution in [0.3, 0.4) is 0 Å². The van der Waals surface area contributed by atoms with Gasteiger partial charge in [-0.25, -0.2) is 14.8 Å². The number of carbonyl (C=O) groups is 1. The summed E-state index contributed by atoms with van der Waals surface area (Å²) in [4.78, 5) is 16.9. The molecular weight excluding hydrogens is 435 g/mol. The third-order valence-corrected chi connectivity index (χ3v) is 5.73. The van der Waals surface area contributed by atoms with Crippen molar-refractivity contribution in [3.05, 3.63) is 94.8 Å². The lowest BCUT2D eigenvalue weighted by Crippen LogP contribution is -2.20. The SMILES string of the molecule is O=C(CSc1nc2ccccc2n1Cc1ccc(Cl)cc1)N/N=C/c1ccccc1F. The van der Waals surface area contributed by atoms with Crippen LogP contribution in [0.5, 0.6) is 0 Å². The van der Waals surface area contributed by atoms with Crippen LogP contribution in [0.1, 0.15) is 11.1 Å². The molecule has 0 spiro atoms. The van der Waals surface area contributed by atoms with Crippen LogP contribution in [0.2, 0.25) is 5.02 Å². The van der Waals surface area contributed by atoms with Crippen LogP contribution >= 0.6 is 23.4 Å². The van der Waals surface area contributed by atoms with E-state index in [1.807, 2.05) is 48.5 Å². The van der Waals surface area contributed by atoms with Gasteiger partial charge >= 0.3 is 0 Å². The molecule has 4 aromatic rings. The standard InChI is InChI=1S/C23H18ClFN4OS/c24-18-11-9-16(10-12-18)14-29-21-8-4-3-7-20(21)27-23(29)31-15-22(30)28-26-13-17-5-1-2-6-19(17)25/h1-13H,14-15H2,(H,28,30)/b26-13+. The van der Waals surface area contributed by atoms with Crippen LogP contribution in [0.25, 0.3) is 11.0 Å². The fourth-order valence-electron chi connectivity index (χ4n) is 3.00. The van der Waals surface area contributed by atoms with Crippen molar-refractivity contribution in [1.82, 2.24) is 15.0 Å². The van der Waals surface area contributed by atoms with Crippen molar-refractivity contribution in [2.45, 2.75) is 11.7 Å². The zero-order valence-electron chi connectivity index (χ0n) is 16.3. The van der Waals surface area contributed by atoms with Crippen molar-refractivity contribution < 1.29 is 9.18 Å². The second-order valence-electron chi connectivity index (χ2n) is 6.70. The normalized spacial score (nSPS) is 11.3. The number of thioether (sulfide) groups is 1. The molecule has 0 aliphatic heterocycles. The molecule has 0 atom stereocenters. The van der Waals surface area contributed by atoms with E-state index in [4.69, 9.17) is 11.6 Å². The number of benzene rings is 3. The van der Waals surface area contributed by atoms with Gasteiger partial charge in [0.25, 0.3) is 5.91 Å². The highest BCUT2D eigenvalue weighted by Gasteiger charge is 2.13. The van der Waals surface area contributed by atoms with Gasteiger partial charge in [-0.15, -0.1) is 0 Å². The number of aromatic nitrogens is 2. The van der Waals surface area contributed by atoms with Crippen molar-refractivity contribution in [3.63, 3.8) is 0 Å². The Balaban J connectivity index is 1.46. The number of rotatable bonds is 7. The minimum absolute atomic E-state index is 0.124. The van der Waals surface area contributed by atoms with Crippen LogP contribution < -0.4 is 5.43 Å². The lowest BCUT2D eigenvalue weighted by Gasteiger charge is -2.09. The average Bonchev–Trinajstić information content (AvgIpc) is 3.12. The second-order valence-corrected chi connectivity index (χ2v) is 8.08. The van der Waals surface area contributed by atoms with Gasteiger partial charge in [0.1, 0.15) is 5.82 Å². The molecule has 0 bridgehead atoms. The Hall–Kier alpha value is -3.16. The molecule has 31 heavy (non-hydrogen) atoms. The van der Waals surface area contributed by atoms with Crippen molar-refractivity contribution in [2.75, 3.05) is 5.75 Å². The van der Waals surface area contributed by atoms with Gasteiger partial charge in [0.2, 0.25) is 0 Å². The molecule has 3 aromatic carbocycles. The van der Waals surface area contributed by atoms with Gasteiger partial charge in [0.15, 0.2) is 5.16 Å². The molecule has 0 saturated carbocycles. The zero-order valence-corrected chi connectivity index (χ0v) is 17.9. The minimum atomic E-state index is -0.397. The summed E-state index contributed by atoms with van der Waals surface area (Å²) in [5.41, 5.74) is 5.65. The third-order valence-electron chi connectivity index (χ3n) is 4.50. The maximum absolute atomic E-state index is 13.6. The fraction of sp³-hybridized carbons (Fsp3) is 0.0870. The molecule has 1 N–H and O–H groups in total. The Morgan fingerprint density at radius 1 is 1.10 bits per heavy atom. The van der Waals surface area contributed by atoms with Crippen LogP contribution in [0, 0.1) is 5.82 Å². The lowest BCUT2D eigenvalue weighted by atomic mass is 10.2. The monoisotopic (exact) mass is 452 g/mol. The number of imidazole rings is 1. The number of fused-ring (bicyclic) bond motifs is 1. The molecule has 4 rings (SSSR count). The summed E-state index contributed by atoms with van der Waals surface area (Å²) >= 11 is 7.31. The first-order chi connectivity index (χ1) is 15.1. The first-order valence-electron chi connectivity index (χ1n) is 9.49. The van der Waals surface area contributed by atoms with E-state index in [9.17, 15) is 9.18 Å². The molecule has 0 aliphatic rings. The number of hydrogen-bond acceptors (Lipinski definition) is 4. The maximum Gasteiger partial charge on any atom is 0.250 e. The summed E-state index contributed by atoms with van der Waals surface area (Å²) in [5, 5.41) is 5.25. The fourth-order valence-corrected chi connectivity index (χ4v) is 3.94. The van der Waals surface area contributed by atoms with E-state index < -0.39 is 5.82 Å². The molecule has 0 radical (unpaired) electrons. The Kier molecular flexibility index (Phi) is 6.64. The number of para-hydroxylation sites is 2. The average molecular weight is 453 g/mol. The molecule has 1 aromatic heterocycles.